The van der Waals surface area contributed by atoms with Crippen LogP contribution in [-0.4, -0.2) is 26.8 Å². The molecule has 1 aliphatic rings. The number of carbonyl (C=O) groups is 1. The topological polar surface area (TPSA) is 87.4 Å². The third-order valence-corrected chi connectivity index (χ3v) is 7.52. The smallest absolute Gasteiger partial charge is 0.270 e. The van der Waals surface area contributed by atoms with Crippen molar-refractivity contribution in [1.82, 2.24) is 9.47 Å². The maximum absolute atomic E-state index is 13.4. The van der Waals surface area contributed by atoms with Crippen LogP contribution >= 0.6 is 24.0 Å². The number of methoxy groups -OCH3 is 1. The number of anilines is 1. The summed E-state index contributed by atoms with van der Waals surface area (Å²) >= 11 is 6.75. The molecule has 188 valence electrons. The number of rotatable bonds is 8. The second kappa shape index (κ2) is 11.5. The third-order valence-electron chi connectivity index (χ3n) is 6.14. The molecule has 0 unspecified atom stereocenters. The number of aromatic nitrogens is 1. The molecule has 0 bridgehead atoms. The number of nitrogens with one attached hydrogen (secondary N) is 1. The van der Waals surface area contributed by atoms with Crippen LogP contribution in [0.3, 0.4) is 0 Å². The van der Waals surface area contributed by atoms with E-state index in [2.05, 4.69) is 5.32 Å². The Balaban J connectivity index is 1.72. The van der Waals surface area contributed by atoms with E-state index in [0.717, 1.165) is 16.9 Å². The monoisotopic (exact) mass is 530 g/mol. The molecule has 3 aromatic rings. The Morgan fingerprint density at radius 2 is 1.81 bits per heavy atom. The molecular weight excluding hydrogens is 504 g/mol. The molecular formula is C28H26N4O3S2. The second-order valence-electron chi connectivity index (χ2n) is 8.38. The Morgan fingerprint density at radius 1 is 1.11 bits per heavy atom. The molecule has 1 saturated heterocycles. The Labute approximate surface area is 225 Å². The minimum Gasteiger partial charge on any atom is -0.497 e. The zero-order chi connectivity index (χ0) is 26.5. The molecule has 0 spiro atoms. The van der Waals surface area contributed by atoms with Gasteiger partial charge >= 0.3 is 0 Å². The molecule has 1 amide bonds. The van der Waals surface area contributed by atoms with E-state index in [-0.39, 0.29) is 17.0 Å². The average Bonchev–Trinajstić information content (AvgIpc) is 3.17. The van der Waals surface area contributed by atoms with Crippen molar-refractivity contribution in [2.75, 3.05) is 12.4 Å². The number of carbonyl (C=O) groups excluding carboxylic acids is 1. The van der Waals surface area contributed by atoms with Crippen molar-refractivity contribution in [2.24, 2.45) is 0 Å². The van der Waals surface area contributed by atoms with Gasteiger partial charge in [0, 0.05) is 18.7 Å². The number of thiocarbonyl (C=S) groups is 1. The van der Waals surface area contributed by atoms with Gasteiger partial charge in [0.05, 0.1) is 18.6 Å². The lowest BCUT2D eigenvalue weighted by molar-refractivity contribution is -0.122. The van der Waals surface area contributed by atoms with Crippen molar-refractivity contribution in [3.63, 3.8) is 0 Å². The molecule has 37 heavy (non-hydrogen) atoms. The first-order valence-corrected chi connectivity index (χ1v) is 12.9. The maximum Gasteiger partial charge on any atom is 0.270 e. The minimum absolute atomic E-state index is 0.0621. The Morgan fingerprint density at radius 3 is 2.43 bits per heavy atom. The van der Waals surface area contributed by atoms with Gasteiger partial charge in [-0.25, -0.2) is 0 Å². The van der Waals surface area contributed by atoms with Crippen LogP contribution in [0.15, 0.2) is 64.3 Å². The normalized spacial score (nSPS) is 14.2. The van der Waals surface area contributed by atoms with Gasteiger partial charge in [0.15, 0.2) is 0 Å². The number of hydrogen-bond acceptors (Lipinski definition) is 7. The van der Waals surface area contributed by atoms with Crippen LogP contribution in [0.1, 0.15) is 34.7 Å². The van der Waals surface area contributed by atoms with E-state index in [0.29, 0.717) is 45.8 Å². The van der Waals surface area contributed by atoms with Gasteiger partial charge in [-0.15, -0.1) is 0 Å². The third kappa shape index (κ3) is 5.45. The molecule has 4 rings (SSSR count). The summed E-state index contributed by atoms with van der Waals surface area (Å²) in [5.74, 6) is 1.08. The van der Waals surface area contributed by atoms with E-state index in [4.69, 9.17) is 17.0 Å². The number of nitriles is 1. The van der Waals surface area contributed by atoms with Crippen LogP contribution in [0.25, 0.3) is 6.08 Å². The number of hydrogen-bond donors (Lipinski definition) is 1. The number of nitrogens with zero attached hydrogens (tertiary/aromatic N) is 3. The highest BCUT2D eigenvalue weighted by molar-refractivity contribution is 8.26. The lowest BCUT2D eigenvalue weighted by Crippen LogP contribution is -2.28. The fourth-order valence-corrected chi connectivity index (χ4v) is 5.35. The zero-order valence-corrected chi connectivity index (χ0v) is 22.4. The molecule has 1 aliphatic heterocycles. The molecule has 2 aromatic carbocycles. The standard InChI is InChI=1S/C28H26N4O3S2/c1-4-31-25(30-16-19-8-6-5-7-9-19)22(18(2)23(15-29)26(31)33)14-24-27(34)32(28(36)37-24)17-20-10-12-21(35-3)13-11-20/h5-14,30H,4,16-17H2,1-3H3/b24-14+. The molecule has 0 radical (unpaired) electrons. The highest BCUT2D eigenvalue weighted by Crippen LogP contribution is 2.36. The van der Waals surface area contributed by atoms with Crippen molar-refractivity contribution in [1.29, 1.82) is 5.26 Å². The molecule has 1 N–H and O–H groups in total. The van der Waals surface area contributed by atoms with Crippen molar-refractivity contribution < 1.29 is 9.53 Å². The number of thioether (sulfide) groups is 1. The lowest BCUT2D eigenvalue weighted by Gasteiger charge is -2.19. The van der Waals surface area contributed by atoms with Gasteiger partial charge in [-0.05, 0) is 48.7 Å². The summed E-state index contributed by atoms with van der Waals surface area (Å²) in [7, 11) is 1.60. The van der Waals surface area contributed by atoms with Crippen LogP contribution in [0.4, 0.5) is 5.82 Å². The van der Waals surface area contributed by atoms with Gasteiger partial charge in [-0.1, -0.05) is 66.4 Å². The number of amides is 1. The lowest BCUT2D eigenvalue weighted by atomic mass is 10.0. The Bertz CT molecular complexity index is 1470. The van der Waals surface area contributed by atoms with Crippen molar-refractivity contribution in [3.8, 4) is 11.8 Å². The maximum atomic E-state index is 13.4. The predicted molar refractivity (Wildman–Crippen MR) is 151 cm³/mol. The number of ether oxygens (including phenoxy) is 1. The minimum atomic E-state index is -0.359. The summed E-state index contributed by atoms with van der Waals surface area (Å²) in [6.07, 6.45) is 1.74. The highest BCUT2D eigenvalue weighted by atomic mass is 32.2. The fraction of sp³-hybridized carbons (Fsp3) is 0.214. The largest absolute Gasteiger partial charge is 0.497 e. The molecule has 2 heterocycles. The van der Waals surface area contributed by atoms with Crippen molar-refractivity contribution in [2.45, 2.75) is 33.5 Å². The SMILES string of the molecule is CCn1c(NCc2ccccc2)c(/C=C2/SC(=S)N(Cc3ccc(OC)cc3)C2=O)c(C)c(C#N)c1=O. The van der Waals surface area contributed by atoms with Gasteiger partial charge in [0.2, 0.25) is 0 Å². The average molecular weight is 531 g/mol. The Kier molecular flexibility index (Phi) is 8.11. The van der Waals surface area contributed by atoms with Gasteiger partial charge in [0.1, 0.15) is 27.5 Å². The summed E-state index contributed by atoms with van der Waals surface area (Å²) in [6, 6.07) is 19.3. The summed E-state index contributed by atoms with van der Waals surface area (Å²) in [5, 5.41) is 13.1. The van der Waals surface area contributed by atoms with Gasteiger partial charge < -0.3 is 10.1 Å². The Hall–Kier alpha value is -3.87. The first kappa shape index (κ1) is 26.2. The van der Waals surface area contributed by atoms with Crippen LogP contribution in [0.2, 0.25) is 0 Å². The van der Waals surface area contributed by atoms with Crippen LogP contribution in [0, 0.1) is 18.3 Å². The van der Waals surface area contributed by atoms with Crippen molar-refractivity contribution in [3.05, 3.63) is 97.7 Å². The van der Waals surface area contributed by atoms with Crippen molar-refractivity contribution >= 4 is 46.1 Å². The van der Waals surface area contributed by atoms with Crippen LogP contribution in [0.5, 0.6) is 5.75 Å². The zero-order valence-electron chi connectivity index (χ0n) is 20.8. The molecule has 0 atom stereocenters. The molecule has 1 aromatic heterocycles. The first-order valence-electron chi connectivity index (χ1n) is 11.7. The fourth-order valence-electron chi connectivity index (χ4n) is 4.12. The van der Waals surface area contributed by atoms with E-state index in [1.807, 2.05) is 67.6 Å². The molecule has 0 aliphatic carbocycles. The summed E-state index contributed by atoms with van der Waals surface area (Å²) in [6.45, 7) is 4.76. The van der Waals surface area contributed by atoms with Gasteiger partial charge in [0.25, 0.3) is 11.5 Å². The molecule has 0 saturated carbocycles. The molecule has 9 heteroatoms. The quantitative estimate of drug-likeness (QED) is 0.321. The van der Waals surface area contributed by atoms with E-state index < -0.39 is 0 Å². The van der Waals surface area contributed by atoms with Gasteiger partial charge in [-0.2, -0.15) is 5.26 Å². The molecule has 1 fully saturated rings. The molecule has 7 nitrogen and oxygen atoms in total. The predicted octanol–water partition coefficient (Wildman–Crippen LogP) is 5.07. The van der Waals surface area contributed by atoms with E-state index in [1.54, 1.807) is 29.6 Å². The number of benzene rings is 2. The van der Waals surface area contributed by atoms with Gasteiger partial charge in [-0.3, -0.25) is 19.1 Å². The second-order valence-corrected chi connectivity index (χ2v) is 10.1. The first-order chi connectivity index (χ1) is 17.9. The summed E-state index contributed by atoms with van der Waals surface area (Å²) in [5.41, 5.74) is 2.81. The number of pyridine rings is 1. The summed E-state index contributed by atoms with van der Waals surface area (Å²) < 4.78 is 7.20. The summed E-state index contributed by atoms with van der Waals surface area (Å²) in [4.78, 5) is 28.5. The highest BCUT2D eigenvalue weighted by Gasteiger charge is 2.33. The van der Waals surface area contributed by atoms with E-state index in [9.17, 15) is 14.9 Å². The van der Waals surface area contributed by atoms with E-state index >= 15 is 0 Å². The van der Waals surface area contributed by atoms with Crippen LogP contribution in [-0.2, 0) is 24.4 Å². The van der Waals surface area contributed by atoms with E-state index in [1.165, 1.54) is 11.8 Å². The van der Waals surface area contributed by atoms with Crippen LogP contribution < -0.4 is 15.6 Å².